The van der Waals surface area contributed by atoms with E-state index < -0.39 is 0 Å². The minimum absolute atomic E-state index is 0.241. The summed E-state index contributed by atoms with van der Waals surface area (Å²) in [6.07, 6.45) is 1.28. The van der Waals surface area contributed by atoms with Gasteiger partial charge in [0.1, 0.15) is 6.29 Å². The Morgan fingerprint density at radius 1 is 1.55 bits per heavy atom. The average molecular weight is 156 g/mol. The molecule has 0 spiro atoms. The van der Waals surface area contributed by atoms with Crippen LogP contribution < -0.4 is 0 Å². The van der Waals surface area contributed by atoms with Gasteiger partial charge in [0.2, 0.25) is 0 Å². The topological polar surface area (TPSA) is 43.4 Å². The van der Waals surface area contributed by atoms with Crippen LogP contribution in [0.25, 0.3) is 0 Å². The molecule has 0 aliphatic heterocycles. The van der Waals surface area contributed by atoms with Gasteiger partial charge in [0.05, 0.1) is 6.61 Å². The van der Waals surface area contributed by atoms with E-state index in [-0.39, 0.29) is 12.4 Å². The van der Waals surface area contributed by atoms with E-state index in [9.17, 15) is 9.59 Å². The van der Waals surface area contributed by atoms with Crippen molar-refractivity contribution in [1.29, 1.82) is 0 Å². The molecule has 0 aliphatic carbocycles. The number of aldehydes is 1. The predicted molar refractivity (Wildman–Crippen MR) is 41.1 cm³/mol. The second kappa shape index (κ2) is 5.65. The maximum absolute atomic E-state index is 10.7. The van der Waals surface area contributed by atoms with Crippen LogP contribution in [0.3, 0.4) is 0 Å². The summed E-state index contributed by atoms with van der Waals surface area (Å²) in [4.78, 5) is 20.7. The second-order valence-electron chi connectivity index (χ2n) is 2.08. The molecule has 0 atom stereocenters. The van der Waals surface area contributed by atoms with Crippen LogP contribution in [0, 0.1) is 0 Å². The first kappa shape index (κ1) is 9.88. The van der Waals surface area contributed by atoms with Gasteiger partial charge in [-0.3, -0.25) is 9.59 Å². The molecular weight excluding hydrogens is 144 g/mol. The van der Waals surface area contributed by atoms with E-state index in [0.29, 0.717) is 24.9 Å². The molecular formula is C8H12O3. The normalized spacial score (nSPS) is 8.82. The summed E-state index contributed by atoms with van der Waals surface area (Å²) in [5, 5.41) is 0. The highest BCUT2D eigenvalue weighted by atomic mass is 16.5. The van der Waals surface area contributed by atoms with Gasteiger partial charge in [0.25, 0.3) is 0 Å². The van der Waals surface area contributed by atoms with E-state index in [1.807, 2.05) is 0 Å². The Balaban J connectivity index is 3.45. The number of carbonyl (C=O) groups is 2. The molecule has 0 rings (SSSR count). The highest BCUT2D eigenvalue weighted by Gasteiger charge is 2.01. The van der Waals surface area contributed by atoms with E-state index >= 15 is 0 Å². The zero-order valence-electron chi connectivity index (χ0n) is 6.63. The average Bonchev–Trinajstić information content (AvgIpc) is 2.01. The van der Waals surface area contributed by atoms with Gasteiger partial charge in [0.15, 0.2) is 0 Å². The fourth-order valence-electron chi connectivity index (χ4n) is 0.555. The molecule has 0 bridgehead atoms. The molecule has 0 radical (unpaired) electrons. The standard InChI is InChI=1S/C8H12O3/c1-3-11-8(10)5-4-7(2)6-9/h6H,2-5H2,1H3. The van der Waals surface area contributed by atoms with Crippen molar-refractivity contribution in [3.8, 4) is 0 Å². The Kier molecular flexibility index (Phi) is 5.07. The maximum atomic E-state index is 10.7. The summed E-state index contributed by atoms with van der Waals surface area (Å²) >= 11 is 0. The van der Waals surface area contributed by atoms with E-state index in [0.717, 1.165) is 0 Å². The van der Waals surface area contributed by atoms with Gasteiger partial charge in [-0.1, -0.05) is 6.58 Å². The van der Waals surface area contributed by atoms with Crippen LogP contribution in [0.1, 0.15) is 19.8 Å². The zero-order valence-corrected chi connectivity index (χ0v) is 6.63. The molecule has 11 heavy (non-hydrogen) atoms. The third-order valence-electron chi connectivity index (χ3n) is 1.12. The molecule has 0 heterocycles. The molecule has 0 fully saturated rings. The predicted octanol–water partition coefficient (Wildman–Crippen LogP) is 1.08. The van der Waals surface area contributed by atoms with Gasteiger partial charge in [-0.25, -0.2) is 0 Å². The van der Waals surface area contributed by atoms with E-state index in [1.54, 1.807) is 6.92 Å². The van der Waals surface area contributed by atoms with Crippen molar-refractivity contribution in [2.45, 2.75) is 19.8 Å². The van der Waals surface area contributed by atoms with Crippen molar-refractivity contribution >= 4 is 12.3 Å². The Hall–Kier alpha value is -1.12. The highest BCUT2D eigenvalue weighted by molar-refractivity contribution is 5.75. The van der Waals surface area contributed by atoms with E-state index in [2.05, 4.69) is 11.3 Å². The number of hydrogen-bond donors (Lipinski definition) is 0. The largest absolute Gasteiger partial charge is 0.466 e. The third kappa shape index (κ3) is 5.33. The van der Waals surface area contributed by atoms with E-state index in [4.69, 9.17) is 0 Å². The first-order valence-electron chi connectivity index (χ1n) is 3.49. The van der Waals surface area contributed by atoms with Crippen molar-refractivity contribution in [2.75, 3.05) is 6.61 Å². The smallest absolute Gasteiger partial charge is 0.306 e. The fourth-order valence-corrected chi connectivity index (χ4v) is 0.555. The van der Waals surface area contributed by atoms with Gasteiger partial charge in [-0.2, -0.15) is 0 Å². The van der Waals surface area contributed by atoms with Gasteiger partial charge in [0, 0.05) is 6.42 Å². The molecule has 0 unspecified atom stereocenters. The Morgan fingerprint density at radius 2 is 2.18 bits per heavy atom. The van der Waals surface area contributed by atoms with Crippen LogP contribution in [-0.4, -0.2) is 18.9 Å². The van der Waals surface area contributed by atoms with Crippen molar-refractivity contribution in [3.05, 3.63) is 12.2 Å². The first-order chi connectivity index (χ1) is 5.20. The molecule has 3 nitrogen and oxygen atoms in total. The summed E-state index contributed by atoms with van der Waals surface area (Å²) in [7, 11) is 0. The third-order valence-corrected chi connectivity index (χ3v) is 1.12. The van der Waals surface area contributed by atoms with Crippen molar-refractivity contribution in [2.24, 2.45) is 0 Å². The number of carbonyl (C=O) groups excluding carboxylic acids is 2. The lowest BCUT2D eigenvalue weighted by molar-refractivity contribution is -0.143. The van der Waals surface area contributed by atoms with Crippen molar-refractivity contribution in [1.82, 2.24) is 0 Å². The lowest BCUT2D eigenvalue weighted by Gasteiger charge is -1.99. The van der Waals surface area contributed by atoms with Gasteiger partial charge < -0.3 is 4.74 Å². The van der Waals surface area contributed by atoms with Crippen LogP contribution >= 0.6 is 0 Å². The summed E-state index contributed by atoms with van der Waals surface area (Å²) in [5.41, 5.74) is 0.429. The number of hydrogen-bond acceptors (Lipinski definition) is 3. The van der Waals surface area contributed by atoms with Gasteiger partial charge in [-0.15, -0.1) is 0 Å². The number of rotatable bonds is 5. The molecule has 0 saturated carbocycles. The van der Waals surface area contributed by atoms with Gasteiger partial charge >= 0.3 is 5.97 Å². The minimum Gasteiger partial charge on any atom is -0.466 e. The molecule has 0 aromatic heterocycles. The monoisotopic (exact) mass is 156 g/mol. The van der Waals surface area contributed by atoms with Crippen molar-refractivity contribution in [3.63, 3.8) is 0 Å². The minimum atomic E-state index is -0.282. The molecule has 0 saturated heterocycles. The first-order valence-corrected chi connectivity index (χ1v) is 3.49. The van der Waals surface area contributed by atoms with Crippen LogP contribution in [0.5, 0.6) is 0 Å². The highest BCUT2D eigenvalue weighted by Crippen LogP contribution is 1.99. The number of ether oxygens (including phenoxy) is 1. The maximum Gasteiger partial charge on any atom is 0.306 e. The van der Waals surface area contributed by atoms with Crippen LogP contribution in [-0.2, 0) is 14.3 Å². The number of esters is 1. The van der Waals surface area contributed by atoms with Crippen LogP contribution in [0.15, 0.2) is 12.2 Å². The summed E-state index contributed by atoms with van der Waals surface area (Å²) in [6, 6.07) is 0. The molecule has 0 N–H and O–H groups in total. The molecule has 0 aliphatic rings. The lowest BCUT2D eigenvalue weighted by atomic mass is 10.2. The Bertz CT molecular complexity index is 161. The summed E-state index contributed by atoms with van der Waals surface area (Å²) in [5.74, 6) is -0.282. The number of allylic oxidation sites excluding steroid dienone is 1. The Labute approximate surface area is 66.0 Å². The molecule has 62 valence electrons. The van der Waals surface area contributed by atoms with E-state index in [1.165, 1.54) is 0 Å². The zero-order chi connectivity index (χ0) is 8.69. The lowest BCUT2D eigenvalue weighted by Crippen LogP contribution is -2.03. The SMILES string of the molecule is C=C(C=O)CCC(=O)OCC. The second-order valence-corrected chi connectivity index (χ2v) is 2.08. The molecule has 0 aromatic carbocycles. The molecule has 0 aromatic rings. The summed E-state index contributed by atoms with van der Waals surface area (Å²) < 4.78 is 4.64. The fraction of sp³-hybridized carbons (Fsp3) is 0.500. The molecule has 3 heteroatoms. The quantitative estimate of drug-likeness (QED) is 0.340. The van der Waals surface area contributed by atoms with Crippen molar-refractivity contribution < 1.29 is 14.3 Å². The summed E-state index contributed by atoms with van der Waals surface area (Å²) in [6.45, 7) is 5.55. The van der Waals surface area contributed by atoms with Crippen LogP contribution in [0.2, 0.25) is 0 Å². The Morgan fingerprint density at radius 3 is 2.64 bits per heavy atom. The van der Waals surface area contributed by atoms with Crippen LogP contribution in [0.4, 0.5) is 0 Å². The van der Waals surface area contributed by atoms with Gasteiger partial charge in [-0.05, 0) is 18.9 Å². The molecule has 0 amide bonds.